The largest absolute Gasteiger partial charge is 0.345 e. The zero-order chi connectivity index (χ0) is 15.0. The normalized spacial score (nSPS) is 11.2. The summed E-state index contributed by atoms with van der Waals surface area (Å²) in [5, 5.41) is 0. The summed E-state index contributed by atoms with van der Waals surface area (Å²) in [6.45, 7) is 1.87. The zero-order valence-corrected chi connectivity index (χ0v) is 12.6. The summed E-state index contributed by atoms with van der Waals surface area (Å²) >= 11 is 0. The first-order valence-electron chi connectivity index (χ1n) is 5.99. The van der Waals surface area contributed by atoms with Crippen molar-refractivity contribution in [3.8, 4) is 11.8 Å². The van der Waals surface area contributed by atoms with Gasteiger partial charge in [-0.3, -0.25) is 4.18 Å². The van der Waals surface area contributed by atoms with E-state index in [1.54, 1.807) is 12.1 Å². The molecule has 110 valence electrons. The molecule has 0 amide bonds. The van der Waals surface area contributed by atoms with Crippen LogP contribution in [0.15, 0.2) is 29.2 Å². The maximum Gasteiger partial charge on any atom is 0.297 e. The number of methoxy groups -OCH3 is 2. The highest BCUT2D eigenvalue weighted by Gasteiger charge is 2.13. The van der Waals surface area contributed by atoms with E-state index in [4.69, 9.17) is 13.7 Å². The van der Waals surface area contributed by atoms with Gasteiger partial charge in [0.15, 0.2) is 0 Å². The van der Waals surface area contributed by atoms with E-state index in [1.165, 1.54) is 26.4 Å². The van der Waals surface area contributed by atoms with Gasteiger partial charge in [-0.25, -0.2) is 0 Å². The second-order valence-corrected chi connectivity index (χ2v) is 5.58. The van der Waals surface area contributed by atoms with Crippen molar-refractivity contribution in [3.63, 3.8) is 0 Å². The summed E-state index contributed by atoms with van der Waals surface area (Å²) in [6, 6.07) is 6.47. The third-order valence-electron chi connectivity index (χ3n) is 2.42. The van der Waals surface area contributed by atoms with E-state index in [0.29, 0.717) is 0 Å². The lowest BCUT2D eigenvalue weighted by molar-refractivity contribution is -0.0596. The van der Waals surface area contributed by atoms with Gasteiger partial charge in [-0.15, -0.1) is 0 Å². The van der Waals surface area contributed by atoms with Crippen LogP contribution in [0.2, 0.25) is 0 Å². The molecule has 20 heavy (non-hydrogen) atoms. The molecule has 0 aliphatic heterocycles. The van der Waals surface area contributed by atoms with Crippen molar-refractivity contribution < 1.29 is 22.1 Å². The summed E-state index contributed by atoms with van der Waals surface area (Å²) in [6.07, 6.45) is -0.336. The molecule has 1 rings (SSSR count). The van der Waals surface area contributed by atoms with Crippen molar-refractivity contribution in [3.05, 3.63) is 29.8 Å². The van der Waals surface area contributed by atoms with Gasteiger partial charge in [0.1, 0.15) is 0 Å². The van der Waals surface area contributed by atoms with E-state index >= 15 is 0 Å². The Labute approximate surface area is 120 Å². The maximum atomic E-state index is 11.8. The highest BCUT2D eigenvalue weighted by Crippen LogP contribution is 2.13. The lowest BCUT2D eigenvalue weighted by Crippen LogP contribution is -2.10. The molecule has 0 aromatic heterocycles. The topological polar surface area (TPSA) is 61.8 Å². The summed E-state index contributed by atoms with van der Waals surface area (Å²) in [4.78, 5) is 0.141. The zero-order valence-electron chi connectivity index (χ0n) is 11.8. The molecular formula is C14H18O5S. The van der Waals surface area contributed by atoms with E-state index < -0.39 is 16.4 Å². The predicted molar refractivity (Wildman–Crippen MR) is 74.5 cm³/mol. The SMILES string of the molecule is COC(C#CCCOS(=O)(=O)c1ccc(C)cc1)OC. The Morgan fingerprint density at radius 3 is 2.30 bits per heavy atom. The molecule has 0 unspecified atom stereocenters. The molecule has 0 aliphatic rings. The maximum absolute atomic E-state index is 11.8. The van der Waals surface area contributed by atoms with Gasteiger partial charge in [-0.1, -0.05) is 23.6 Å². The Morgan fingerprint density at radius 2 is 1.75 bits per heavy atom. The third-order valence-corrected chi connectivity index (χ3v) is 3.75. The summed E-state index contributed by atoms with van der Waals surface area (Å²) in [7, 11) is -0.772. The van der Waals surface area contributed by atoms with Crippen LogP contribution in [0.4, 0.5) is 0 Å². The van der Waals surface area contributed by atoms with Crippen molar-refractivity contribution in [2.45, 2.75) is 24.5 Å². The monoisotopic (exact) mass is 298 g/mol. The lowest BCUT2D eigenvalue weighted by atomic mass is 10.2. The summed E-state index contributed by atoms with van der Waals surface area (Å²) in [5.74, 6) is 5.41. The fraction of sp³-hybridized carbons (Fsp3) is 0.429. The van der Waals surface area contributed by atoms with Crippen LogP contribution in [0, 0.1) is 18.8 Å². The van der Waals surface area contributed by atoms with Gasteiger partial charge in [0.05, 0.1) is 11.5 Å². The van der Waals surface area contributed by atoms with E-state index in [1.807, 2.05) is 6.92 Å². The molecule has 0 aliphatic carbocycles. The Morgan fingerprint density at radius 1 is 1.15 bits per heavy atom. The Kier molecular flexibility index (Phi) is 6.68. The van der Waals surface area contributed by atoms with Crippen molar-refractivity contribution >= 4 is 10.1 Å². The first-order chi connectivity index (χ1) is 9.49. The summed E-state index contributed by atoms with van der Waals surface area (Å²) < 4.78 is 38.3. The molecule has 0 saturated carbocycles. The molecule has 1 aromatic carbocycles. The smallest absolute Gasteiger partial charge is 0.297 e. The molecule has 0 spiro atoms. The highest BCUT2D eigenvalue weighted by atomic mass is 32.2. The van der Waals surface area contributed by atoms with Gasteiger partial charge in [0.25, 0.3) is 10.1 Å². The van der Waals surface area contributed by atoms with Crippen molar-refractivity contribution in [2.75, 3.05) is 20.8 Å². The fourth-order valence-electron chi connectivity index (χ4n) is 1.34. The molecule has 0 fully saturated rings. The molecule has 0 bridgehead atoms. The van der Waals surface area contributed by atoms with Crippen LogP contribution < -0.4 is 0 Å². The molecule has 0 N–H and O–H groups in total. The molecular weight excluding hydrogens is 280 g/mol. The average molecular weight is 298 g/mol. The van der Waals surface area contributed by atoms with E-state index in [9.17, 15) is 8.42 Å². The third kappa shape index (κ3) is 5.31. The van der Waals surface area contributed by atoms with Crippen LogP contribution in [0.3, 0.4) is 0 Å². The first-order valence-corrected chi connectivity index (χ1v) is 7.40. The lowest BCUT2D eigenvalue weighted by Gasteiger charge is -2.05. The second kappa shape index (κ2) is 8.02. The van der Waals surface area contributed by atoms with Gasteiger partial charge in [0, 0.05) is 20.6 Å². The minimum atomic E-state index is -3.72. The number of ether oxygens (including phenoxy) is 2. The molecule has 0 radical (unpaired) electrons. The first kappa shape index (κ1) is 16.7. The number of aryl methyl sites for hydroxylation is 1. The molecule has 0 heterocycles. The van der Waals surface area contributed by atoms with Gasteiger partial charge in [0.2, 0.25) is 6.29 Å². The number of hydrogen-bond donors (Lipinski definition) is 0. The van der Waals surface area contributed by atoms with Gasteiger partial charge in [-0.05, 0) is 25.0 Å². The number of rotatable bonds is 6. The van der Waals surface area contributed by atoms with Crippen molar-refractivity contribution in [1.82, 2.24) is 0 Å². The quantitative estimate of drug-likeness (QED) is 0.346. The van der Waals surface area contributed by atoms with Gasteiger partial charge < -0.3 is 9.47 Å². The standard InChI is InChI=1S/C14H18O5S/c1-12-7-9-13(10-8-12)20(15,16)19-11-5-4-6-14(17-2)18-3/h7-10,14H,5,11H2,1-3H3. The van der Waals surface area contributed by atoms with E-state index in [0.717, 1.165) is 5.56 Å². The Hall–Kier alpha value is -1.39. The fourth-order valence-corrected chi connectivity index (χ4v) is 2.25. The molecule has 6 heteroatoms. The van der Waals surface area contributed by atoms with Crippen molar-refractivity contribution in [2.24, 2.45) is 0 Å². The van der Waals surface area contributed by atoms with E-state index in [2.05, 4.69) is 11.8 Å². The van der Waals surface area contributed by atoms with Crippen LogP contribution in [0.5, 0.6) is 0 Å². The Balaban J connectivity index is 2.50. The van der Waals surface area contributed by atoms with E-state index in [-0.39, 0.29) is 17.9 Å². The van der Waals surface area contributed by atoms with Crippen LogP contribution in [-0.2, 0) is 23.8 Å². The Bertz CT molecular complexity index is 562. The van der Waals surface area contributed by atoms with Gasteiger partial charge in [-0.2, -0.15) is 8.42 Å². The molecule has 0 atom stereocenters. The number of hydrogen-bond acceptors (Lipinski definition) is 5. The summed E-state index contributed by atoms with van der Waals surface area (Å²) in [5.41, 5.74) is 0.986. The van der Waals surface area contributed by atoms with Gasteiger partial charge >= 0.3 is 0 Å². The second-order valence-electron chi connectivity index (χ2n) is 3.96. The number of benzene rings is 1. The minimum absolute atomic E-state index is 0.0106. The van der Waals surface area contributed by atoms with Crippen LogP contribution in [0.25, 0.3) is 0 Å². The van der Waals surface area contributed by atoms with Crippen LogP contribution in [-0.4, -0.2) is 35.5 Å². The van der Waals surface area contributed by atoms with Crippen LogP contribution in [0.1, 0.15) is 12.0 Å². The molecule has 1 aromatic rings. The van der Waals surface area contributed by atoms with Crippen LogP contribution >= 0.6 is 0 Å². The average Bonchev–Trinajstić information content (AvgIpc) is 2.43. The predicted octanol–water partition coefficient (Wildman–Crippen LogP) is 1.71. The minimum Gasteiger partial charge on any atom is -0.345 e. The highest BCUT2D eigenvalue weighted by molar-refractivity contribution is 7.86. The molecule has 5 nitrogen and oxygen atoms in total. The molecule has 0 saturated heterocycles. The van der Waals surface area contributed by atoms with Crippen molar-refractivity contribution in [1.29, 1.82) is 0 Å².